The van der Waals surface area contributed by atoms with Crippen LogP contribution in [-0.2, 0) is 20.9 Å². The number of carbonyl (C=O) groups excluding carboxylic acids is 2. The second-order valence-electron chi connectivity index (χ2n) is 10.9. The van der Waals surface area contributed by atoms with Crippen LogP contribution in [0.4, 0.5) is 10.1 Å². The van der Waals surface area contributed by atoms with Gasteiger partial charge in [-0.25, -0.2) is 4.39 Å². The van der Waals surface area contributed by atoms with Gasteiger partial charge in [-0.15, -0.1) is 0 Å². The van der Waals surface area contributed by atoms with Crippen LogP contribution in [-0.4, -0.2) is 72.0 Å². The molecular weight excluding hydrogens is 523 g/mol. The first kappa shape index (κ1) is 28.7. The lowest BCUT2D eigenvalue weighted by Crippen LogP contribution is -2.55. The fraction of sp³-hybridized carbons (Fsp3) is 0.375. The van der Waals surface area contributed by atoms with E-state index in [-0.39, 0.29) is 24.2 Å². The summed E-state index contributed by atoms with van der Waals surface area (Å²) >= 11 is 0. The van der Waals surface area contributed by atoms with Gasteiger partial charge in [-0.2, -0.15) is 0 Å². The van der Waals surface area contributed by atoms with Crippen molar-refractivity contribution in [3.63, 3.8) is 0 Å². The summed E-state index contributed by atoms with van der Waals surface area (Å²) in [6.07, 6.45) is -0.0462. The number of ether oxygens (including phenoxy) is 2. The van der Waals surface area contributed by atoms with Gasteiger partial charge in [0.05, 0.1) is 19.3 Å². The Bertz CT molecular complexity index is 1310. The number of amides is 2. The molecule has 5 rings (SSSR count). The maximum atomic E-state index is 13.6. The van der Waals surface area contributed by atoms with E-state index in [1.165, 1.54) is 12.1 Å². The Morgan fingerprint density at radius 1 is 0.927 bits per heavy atom. The smallest absolute Gasteiger partial charge is 0.252 e. The van der Waals surface area contributed by atoms with Crippen LogP contribution >= 0.6 is 0 Å². The van der Waals surface area contributed by atoms with Gasteiger partial charge >= 0.3 is 0 Å². The Morgan fingerprint density at radius 3 is 2.20 bits per heavy atom. The predicted octanol–water partition coefficient (Wildman–Crippen LogP) is 4.43. The SMILES string of the molecule is CC(C)N1CCN(CC(=O)NC2(C(=O)Nc3ccc(Oc4ccc(F)cc4)cc3)CC2OCc2ccccc2)CC1. The first-order valence-electron chi connectivity index (χ1n) is 14.1. The number of piperazine rings is 1. The molecule has 1 heterocycles. The van der Waals surface area contributed by atoms with Gasteiger partial charge in [-0.05, 0) is 67.9 Å². The Balaban J connectivity index is 1.21. The first-order chi connectivity index (χ1) is 19.8. The van der Waals surface area contributed by atoms with Gasteiger partial charge in [-0.3, -0.25) is 19.4 Å². The van der Waals surface area contributed by atoms with E-state index in [1.54, 1.807) is 36.4 Å². The third-order valence-corrected chi connectivity index (χ3v) is 7.62. The van der Waals surface area contributed by atoms with Crippen molar-refractivity contribution >= 4 is 17.5 Å². The Morgan fingerprint density at radius 2 is 1.56 bits per heavy atom. The van der Waals surface area contributed by atoms with Crippen LogP contribution in [0.25, 0.3) is 0 Å². The van der Waals surface area contributed by atoms with E-state index in [2.05, 4.69) is 34.3 Å². The molecule has 2 N–H and O–H groups in total. The van der Waals surface area contributed by atoms with Gasteiger partial charge in [0.15, 0.2) is 0 Å². The van der Waals surface area contributed by atoms with Gasteiger partial charge in [0, 0.05) is 44.3 Å². The minimum atomic E-state index is -1.14. The van der Waals surface area contributed by atoms with Crippen LogP contribution in [0.1, 0.15) is 25.8 Å². The summed E-state index contributed by atoms with van der Waals surface area (Å²) in [5, 5.41) is 5.96. The summed E-state index contributed by atoms with van der Waals surface area (Å²) in [4.78, 5) is 31.3. The van der Waals surface area contributed by atoms with Crippen molar-refractivity contribution in [1.29, 1.82) is 0 Å². The lowest BCUT2D eigenvalue weighted by molar-refractivity contribution is -0.129. The van der Waals surface area contributed by atoms with Crippen molar-refractivity contribution in [2.75, 3.05) is 38.0 Å². The quantitative estimate of drug-likeness (QED) is 0.361. The normalized spacial score (nSPS) is 20.9. The van der Waals surface area contributed by atoms with Gasteiger partial charge in [0.2, 0.25) is 5.91 Å². The molecule has 2 unspecified atom stereocenters. The highest BCUT2D eigenvalue weighted by atomic mass is 19.1. The highest BCUT2D eigenvalue weighted by molar-refractivity contribution is 6.04. The molecule has 0 aromatic heterocycles. The van der Waals surface area contributed by atoms with Crippen molar-refractivity contribution in [3.8, 4) is 11.5 Å². The number of hydrogen-bond donors (Lipinski definition) is 2. The van der Waals surface area contributed by atoms with Crippen molar-refractivity contribution in [1.82, 2.24) is 15.1 Å². The molecule has 41 heavy (non-hydrogen) atoms. The molecule has 0 bridgehead atoms. The molecule has 2 atom stereocenters. The van der Waals surface area contributed by atoms with E-state index >= 15 is 0 Å². The number of nitrogens with zero attached hydrogens (tertiary/aromatic N) is 2. The number of nitrogens with one attached hydrogen (secondary N) is 2. The van der Waals surface area contributed by atoms with Crippen molar-refractivity contribution < 1.29 is 23.5 Å². The molecule has 3 aromatic rings. The average Bonchev–Trinajstić information content (AvgIpc) is 3.68. The van der Waals surface area contributed by atoms with Crippen LogP contribution in [0.15, 0.2) is 78.9 Å². The van der Waals surface area contributed by atoms with Crippen molar-refractivity contribution in [2.45, 2.75) is 44.6 Å². The first-order valence-corrected chi connectivity index (χ1v) is 14.1. The summed E-state index contributed by atoms with van der Waals surface area (Å²) in [5.74, 6) is 0.210. The molecule has 1 saturated heterocycles. The fourth-order valence-corrected chi connectivity index (χ4v) is 5.05. The van der Waals surface area contributed by atoms with E-state index in [0.717, 1.165) is 31.7 Å². The maximum Gasteiger partial charge on any atom is 0.252 e. The second kappa shape index (κ2) is 12.8. The maximum absolute atomic E-state index is 13.6. The molecule has 9 heteroatoms. The van der Waals surface area contributed by atoms with Crippen LogP contribution < -0.4 is 15.4 Å². The van der Waals surface area contributed by atoms with E-state index < -0.39 is 11.6 Å². The fourth-order valence-electron chi connectivity index (χ4n) is 5.05. The standard InChI is InChI=1S/C32H37FN4O4/c1-23(2)37-18-16-36(17-19-37)21-30(38)35-32(20-29(32)40-22-24-6-4-3-5-7-24)31(39)34-26-10-14-28(15-11-26)41-27-12-8-25(33)9-13-27/h3-15,23,29H,16-22H2,1-2H3,(H,34,39)(H,35,38). The van der Waals surface area contributed by atoms with Crippen LogP contribution in [0.3, 0.4) is 0 Å². The molecular formula is C32H37FN4O4. The molecule has 2 fully saturated rings. The average molecular weight is 561 g/mol. The summed E-state index contributed by atoms with van der Waals surface area (Å²) in [7, 11) is 0. The second-order valence-corrected chi connectivity index (χ2v) is 10.9. The number of hydrogen-bond acceptors (Lipinski definition) is 6. The van der Waals surface area contributed by atoms with E-state index in [9.17, 15) is 14.0 Å². The van der Waals surface area contributed by atoms with Crippen LogP contribution in [0.2, 0.25) is 0 Å². The highest BCUT2D eigenvalue weighted by Gasteiger charge is 2.62. The summed E-state index contributed by atoms with van der Waals surface area (Å²) in [6, 6.07) is 22.9. The minimum absolute atomic E-state index is 0.188. The van der Waals surface area contributed by atoms with E-state index in [1.807, 2.05) is 30.3 Å². The molecule has 2 aliphatic rings. The number of anilines is 1. The van der Waals surface area contributed by atoms with E-state index in [4.69, 9.17) is 9.47 Å². The highest BCUT2D eigenvalue weighted by Crippen LogP contribution is 2.41. The largest absolute Gasteiger partial charge is 0.457 e. The van der Waals surface area contributed by atoms with E-state index in [0.29, 0.717) is 36.3 Å². The number of carbonyl (C=O) groups is 2. The third-order valence-electron chi connectivity index (χ3n) is 7.62. The van der Waals surface area contributed by atoms with Crippen LogP contribution in [0, 0.1) is 5.82 Å². The zero-order valence-electron chi connectivity index (χ0n) is 23.5. The zero-order chi connectivity index (χ0) is 28.8. The Kier molecular flexibility index (Phi) is 8.97. The Hall–Kier alpha value is -3.79. The minimum Gasteiger partial charge on any atom is -0.457 e. The van der Waals surface area contributed by atoms with Crippen LogP contribution in [0.5, 0.6) is 11.5 Å². The van der Waals surface area contributed by atoms with Gasteiger partial charge in [0.25, 0.3) is 5.91 Å². The molecule has 1 saturated carbocycles. The molecule has 0 radical (unpaired) electrons. The molecule has 2 amide bonds. The third kappa shape index (κ3) is 7.49. The van der Waals surface area contributed by atoms with Crippen molar-refractivity contribution in [2.24, 2.45) is 0 Å². The Labute approximate surface area is 240 Å². The zero-order valence-corrected chi connectivity index (χ0v) is 23.5. The predicted molar refractivity (Wildman–Crippen MR) is 155 cm³/mol. The van der Waals surface area contributed by atoms with Gasteiger partial charge in [0.1, 0.15) is 22.9 Å². The molecule has 8 nitrogen and oxygen atoms in total. The lowest BCUT2D eigenvalue weighted by Gasteiger charge is -2.36. The lowest BCUT2D eigenvalue weighted by atomic mass is 10.2. The summed E-state index contributed by atoms with van der Waals surface area (Å²) in [6.45, 7) is 8.40. The molecule has 1 aliphatic heterocycles. The number of halogens is 1. The topological polar surface area (TPSA) is 83.1 Å². The molecule has 3 aromatic carbocycles. The summed E-state index contributed by atoms with van der Waals surface area (Å²) < 4.78 is 25.0. The van der Waals surface area contributed by atoms with Gasteiger partial charge in [-0.1, -0.05) is 30.3 Å². The number of rotatable bonds is 11. The monoisotopic (exact) mass is 560 g/mol. The molecule has 0 spiro atoms. The van der Waals surface area contributed by atoms with Crippen molar-refractivity contribution in [3.05, 3.63) is 90.2 Å². The molecule has 216 valence electrons. The number of benzene rings is 3. The summed E-state index contributed by atoms with van der Waals surface area (Å²) in [5.41, 5.74) is 0.419. The molecule has 1 aliphatic carbocycles. The van der Waals surface area contributed by atoms with Gasteiger partial charge < -0.3 is 20.1 Å².